The Bertz CT molecular complexity index is 981. The Morgan fingerprint density at radius 3 is 2.74 bits per heavy atom. The number of hydrogen-bond donors (Lipinski definition) is 2. The van der Waals surface area contributed by atoms with Crippen LogP contribution in [0.4, 0.5) is 4.39 Å². The first-order chi connectivity index (χ1) is 15.1. The number of ketones is 2. The lowest BCUT2D eigenvalue weighted by Crippen LogP contribution is -2.19. The number of Topliss-reactive ketones (excluding diaryl/α,β-unsaturated/α-hetero) is 2. The lowest BCUT2D eigenvalue weighted by Gasteiger charge is -2.17. The van der Waals surface area contributed by atoms with E-state index in [9.17, 15) is 14.0 Å². The van der Waals surface area contributed by atoms with Crippen LogP contribution in [-0.2, 0) is 17.6 Å². The molecule has 1 unspecified atom stereocenters. The maximum absolute atomic E-state index is 13.3. The first-order valence-corrected chi connectivity index (χ1v) is 10.9. The zero-order valence-corrected chi connectivity index (χ0v) is 17.9. The molecule has 0 saturated carbocycles. The fourth-order valence-electron chi connectivity index (χ4n) is 4.02. The van der Waals surface area contributed by atoms with Crippen LogP contribution in [0.15, 0.2) is 42.9 Å². The molecule has 2 aromatic heterocycles. The van der Waals surface area contributed by atoms with Crippen molar-refractivity contribution in [3.05, 3.63) is 71.3 Å². The molecule has 1 aromatic carbocycles. The molecule has 0 bridgehead atoms. The molecule has 0 spiro atoms. The predicted molar refractivity (Wildman–Crippen MR) is 116 cm³/mol. The summed E-state index contributed by atoms with van der Waals surface area (Å²) in [6.45, 7) is 2.15. The molecular weight excluding hydrogens is 395 g/mol. The van der Waals surface area contributed by atoms with Crippen LogP contribution in [0.1, 0.15) is 78.8 Å². The van der Waals surface area contributed by atoms with Crippen molar-refractivity contribution in [3.63, 3.8) is 0 Å². The highest BCUT2D eigenvalue weighted by atomic mass is 19.1. The maximum Gasteiger partial charge on any atom is 0.265 e. The first kappa shape index (κ1) is 22.6. The molecule has 0 aliphatic carbocycles. The van der Waals surface area contributed by atoms with Crippen molar-refractivity contribution in [3.8, 4) is 0 Å². The molecule has 2 N–H and O–H groups in total. The normalized spacial score (nSPS) is 12.1. The molecule has 2 heterocycles. The number of benzene rings is 1. The lowest BCUT2D eigenvalue weighted by molar-refractivity contribution is -0.114. The summed E-state index contributed by atoms with van der Waals surface area (Å²) in [6, 6.07) is 8.67. The fraction of sp³-hybridized carbons (Fsp3) is 0.417. The molecule has 0 saturated heterocycles. The van der Waals surface area contributed by atoms with Crippen LogP contribution in [0, 0.1) is 5.82 Å². The second-order valence-electron chi connectivity index (χ2n) is 7.89. The van der Waals surface area contributed by atoms with Gasteiger partial charge in [0.05, 0.1) is 0 Å². The van der Waals surface area contributed by atoms with Gasteiger partial charge < -0.3 is 4.98 Å². The number of aromatic amines is 2. The van der Waals surface area contributed by atoms with E-state index in [-0.39, 0.29) is 18.1 Å². The van der Waals surface area contributed by atoms with Gasteiger partial charge in [-0.15, -0.1) is 0 Å². The van der Waals surface area contributed by atoms with Crippen LogP contribution in [0.3, 0.4) is 0 Å². The van der Waals surface area contributed by atoms with E-state index < -0.39 is 11.6 Å². The molecule has 0 aliphatic rings. The topological polar surface area (TPSA) is 91.5 Å². The number of rotatable bonds is 13. The average Bonchev–Trinajstić information content (AvgIpc) is 3.44. The van der Waals surface area contributed by atoms with E-state index in [1.54, 1.807) is 12.1 Å². The highest BCUT2D eigenvalue weighted by Gasteiger charge is 2.23. The van der Waals surface area contributed by atoms with Crippen LogP contribution in [0.2, 0.25) is 0 Å². The second kappa shape index (κ2) is 11.3. The van der Waals surface area contributed by atoms with Gasteiger partial charge in [-0.2, -0.15) is 5.10 Å². The Labute approximate surface area is 181 Å². The van der Waals surface area contributed by atoms with Crippen molar-refractivity contribution in [2.45, 2.75) is 64.2 Å². The number of hydrogen-bond acceptors (Lipinski definition) is 4. The van der Waals surface area contributed by atoms with Gasteiger partial charge in [-0.1, -0.05) is 38.3 Å². The number of nitrogens with one attached hydrogen (secondary N) is 2. The third kappa shape index (κ3) is 6.44. The van der Waals surface area contributed by atoms with E-state index in [2.05, 4.69) is 27.1 Å². The first-order valence-electron chi connectivity index (χ1n) is 10.9. The monoisotopic (exact) mass is 424 g/mol. The molecule has 31 heavy (non-hydrogen) atoms. The van der Waals surface area contributed by atoms with Crippen LogP contribution in [0.25, 0.3) is 0 Å². The zero-order chi connectivity index (χ0) is 22.1. The number of H-pyrrole nitrogens is 2. The zero-order valence-electron chi connectivity index (χ0n) is 17.9. The largest absolute Gasteiger partial charge is 0.365 e. The number of unbranched alkanes of at least 4 members (excludes halogenated alkanes) is 2. The summed E-state index contributed by atoms with van der Waals surface area (Å²) in [6.07, 6.45) is 10.2. The van der Waals surface area contributed by atoms with Crippen molar-refractivity contribution < 1.29 is 14.0 Å². The minimum atomic E-state index is -0.644. The molecule has 1 atom stereocenters. The quantitative estimate of drug-likeness (QED) is 0.231. The van der Waals surface area contributed by atoms with E-state index in [0.717, 1.165) is 61.8 Å². The molecule has 0 radical (unpaired) electrons. The number of halogens is 1. The number of aromatic nitrogens is 4. The standard InChI is InChI=1S/C24H29FN4O2/c1-2-7-18(10-5-3-4-8-17-9-6-11-20(25)14-17)22-19(12-13-26-22)15-21(30)23(31)24-27-16-28-29-24/h6,9,11-14,16,18,26H,2-5,7-8,10,15H2,1H3,(H,27,28,29). The SMILES string of the molecule is CCCC(CCCCCc1cccc(F)c1)c1[nH]ccc1CC(=O)C(=O)c1ncn[nH]1. The second-order valence-corrected chi connectivity index (χ2v) is 7.89. The highest BCUT2D eigenvalue weighted by Crippen LogP contribution is 2.29. The fourth-order valence-corrected chi connectivity index (χ4v) is 4.02. The summed E-state index contributed by atoms with van der Waals surface area (Å²) < 4.78 is 13.3. The molecule has 0 aliphatic heterocycles. The average molecular weight is 425 g/mol. The van der Waals surface area contributed by atoms with Crippen LogP contribution in [0.5, 0.6) is 0 Å². The van der Waals surface area contributed by atoms with E-state index in [4.69, 9.17) is 0 Å². The van der Waals surface area contributed by atoms with Crippen LogP contribution < -0.4 is 0 Å². The Kier molecular flexibility index (Phi) is 8.27. The van der Waals surface area contributed by atoms with Crippen LogP contribution >= 0.6 is 0 Å². The molecule has 7 heteroatoms. The minimum Gasteiger partial charge on any atom is -0.365 e. The van der Waals surface area contributed by atoms with Gasteiger partial charge in [0.25, 0.3) is 5.78 Å². The summed E-state index contributed by atoms with van der Waals surface area (Å²) in [5.74, 6) is -1.03. The summed E-state index contributed by atoms with van der Waals surface area (Å²) in [5, 5.41) is 6.08. The summed E-state index contributed by atoms with van der Waals surface area (Å²) in [5.41, 5.74) is 2.95. The maximum atomic E-state index is 13.3. The van der Waals surface area contributed by atoms with E-state index in [0.29, 0.717) is 5.92 Å². The third-order valence-electron chi connectivity index (χ3n) is 5.56. The summed E-state index contributed by atoms with van der Waals surface area (Å²) in [4.78, 5) is 31.7. The number of nitrogens with zero attached hydrogens (tertiary/aromatic N) is 2. The Morgan fingerprint density at radius 2 is 2.00 bits per heavy atom. The van der Waals surface area contributed by atoms with E-state index in [1.807, 2.05) is 18.3 Å². The molecule has 3 rings (SSSR count). The molecule has 0 amide bonds. The molecule has 3 aromatic rings. The summed E-state index contributed by atoms with van der Waals surface area (Å²) in [7, 11) is 0. The summed E-state index contributed by atoms with van der Waals surface area (Å²) >= 11 is 0. The van der Waals surface area contributed by atoms with Gasteiger partial charge in [-0.3, -0.25) is 14.7 Å². The van der Waals surface area contributed by atoms with Gasteiger partial charge >= 0.3 is 0 Å². The van der Waals surface area contributed by atoms with Gasteiger partial charge in [0.1, 0.15) is 12.1 Å². The Balaban J connectivity index is 1.53. The van der Waals surface area contributed by atoms with Crippen molar-refractivity contribution in [1.82, 2.24) is 20.2 Å². The minimum absolute atomic E-state index is 0.0227. The number of aryl methyl sites for hydroxylation is 1. The molecule has 0 fully saturated rings. The molecular formula is C24H29FN4O2. The van der Waals surface area contributed by atoms with Crippen molar-refractivity contribution in [1.29, 1.82) is 0 Å². The van der Waals surface area contributed by atoms with Gasteiger partial charge in [0.15, 0.2) is 5.82 Å². The number of carbonyl (C=O) groups excluding carboxylic acids is 2. The van der Waals surface area contributed by atoms with Gasteiger partial charge in [-0.05, 0) is 60.9 Å². The van der Waals surface area contributed by atoms with Gasteiger partial charge in [0.2, 0.25) is 5.78 Å². The highest BCUT2D eigenvalue weighted by molar-refractivity contribution is 6.43. The van der Waals surface area contributed by atoms with E-state index in [1.165, 1.54) is 12.4 Å². The Hall–Kier alpha value is -3.09. The third-order valence-corrected chi connectivity index (χ3v) is 5.56. The Morgan fingerprint density at radius 1 is 1.13 bits per heavy atom. The predicted octanol–water partition coefficient (Wildman–Crippen LogP) is 4.95. The van der Waals surface area contributed by atoms with Crippen LogP contribution in [-0.4, -0.2) is 31.7 Å². The van der Waals surface area contributed by atoms with Crippen molar-refractivity contribution in [2.75, 3.05) is 0 Å². The van der Waals surface area contributed by atoms with Gasteiger partial charge in [-0.25, -0.2) is 9.37 Å². The van der Waals surface area contributed by atoms with Crippen molar-refractivity contribution >= 4 is 11.6 Å². The molecule has 164 valence electrons. The van der Waals surface area contributed by atoms with Crippen molar-refractivity contribution in [2.24, 2.45) is 0 Å². The smallest absolute Gasteiger partial charge is 0.265 e. The van der Waals surface area contributed by atoms with E-state index >= 15 is 0 Å². The molecule has 6 nitrogen and oxygen atoms in total. The lowest BCUT2D eigenvalue weighted by atomic mass is 9.89. The number of carbonyl (C=O) groups is 2. The van der Waals surface area contributed by atoms with Gasteiger partial charge in [0, 0.05) is 18.3 Å².